The van der Waals surface area contributed by atoms with Crippen LogP contribution in [0, 0.1) is 0 Å². The maximum Gasteiger partial charge on any atom is 1.00 e. The van der Waals surface area contributed by atoms with Crippen LogP contribution in [0.3, 0.4) is 0 Å². The molecule has 13 nitrogen and oxygen atoms in total. The molecule has 0 heterocycles. The number of carboxylic acids is 6. The summed E-state index contributed by atoms with van der Waals surface area (Å²) < 4.78 is 0. The van der Waals surface area contributed by atoms with Crippen LogP contribution in [0.25, 0.3) is 0 Å². The number of carbonyl (C=O) groups excluding carboxylic acids is 2. The SMILES string of the molecule is CC(=O)O.CC(=O)O.CC(=O)[O-].CC(=O)[O-].N[C@@H](CCC(=O)O)C(=O)O.[Na+].[Na+]. The Bertz CT molecular complexity index is 393. The standard InChI is InChI=1S/C5H9NO4.4C2H4O2.2Na/c6-3(5(9)10)1-2-4(7)8;4*1-2(3)4;;/h3H,1-2,6H2,(H,7,8)(H,9,10);4*1H3,(H,3,4);;/q;;;;;2*+1/p-2/t3-;;;;;;/m0....../s1. The third kappa shape index (κ3) is 232. The predicted octanol–water partition coefficient (Wildman–Crippen LogP) is -9.03. The summed E-state index contributed by atoms with van der Waals surface area (Å²) in [5.74, 6) is -6.03. The molecular weight excluding hydrogens is 408 g/mol. The van der Waals surface area contributed by atoms with E-state index in [-0.39, 0.29) is 72.0 Å². The first-order chi connectivity index (χ1) is 11.5. The van der Waals surface area contributed by atoms with Gasteiger partial charge in [-0.25, -0.2) is 0 Å². The molecule has 0 aromatic heterocycles. The number of aliphatic carboxylic acids is 6. The van der Waals surface area contributed by atoms with E-state index in [0.29, 0.717) is 0 Å². The summed E-state index contributed by atoms with van der Waals surface area (Å²) in [5, 5.41) is 48.9. The first kappa shape index (κ1) is 45.5. The summed E-state index contributed by atoms with van der Waals surface area (Å²) in [6, 6.07) is -1.06. The molecule has 0 amide bonds. The number of hydrogen-bond donors (Lipinski definition) is 5. The van der Waals surface area contributed by atoms with Crippen molar-refractivity contribution in [2.75, 3.05) is 0 Å². The van der Waals surface area contributed by atoms with Crippen LogP contribution in [0.4, 0.5) is 0 Å². The molecule has 0 aliphatic rings. The van der Waals surface area contributed by atoms with Gasteiger partial charge in [-0.2, -0.15) is 0 Å². The summed E-state index contributed by atoms with van der Waals surface area (Å²) in [7, 11) is 0. The molecule has 0 saturated heterocycles. The quantitative estimate of drug-likeness (QED) is 0.259. The van der Waals surface area contributed by atoms with Crippen molar-refractivity contribution in [2.45, 2.75) is 46.6 Å². The minimum absolute atomic E-state index is 0. The van der Waals surface area contributed by atoms with Crippen molar-refractivity contribution in [3.8, 4) is 0 Å². The number of hydrogen-bond acceptors (Lipinski definition) is 9. The molecule has 6 N–H and O–H groups in total. The van der Waals surface area contributed by atoms with Gasteiger partial charge >= 0.3 is 71.1 Å². The molecule has 154 valence electrons. The molecule has 15 heteroatoms. The molecule has 0 unspecified atom stereocenters. The van der Waals surface area contributed by atoms with Crippen LogP contribution in [0.2, 0.25) is 0 Å². The Hall–Kier alpha value is -1.22. The van der Waals surface area contributed by atoms with Gasteiger partial charge in [-0.05, 0) is 20.3 Å². The van der Waals surface area contributed by atoms with E-state index < -0.39 is 41.9 Å². The maximum absolute atomic E-state index is 9.99. The molecule has 0 rings (SSSR count). The first-order valence-corrected chi connectivity index (χ1v) is 6.41. The van der Waals surface area contributed by atoms with Gasteiger partial charge in [0.15, 0.2) is 0 Å². The minimum Gasteiger partial charge on any atom is -0.550 e. The Labute approximate surface area is 205 Å². The van der Waals surface area contributed by atoms with E-state index >= 15 is 0 Å². The van der Waals surface area contributed by atoms with Gasteiger partial charge in [0.1, 0.15) is 6.04 Å². The Morgan fingerprint density at radius 1 is 0.750 bits per heavy atom. The van der Waals surface area contributed by atoms with Crippen LogP contribution in [0.1, 0.15) is 40.5 Å². The number of carbonyl (C=O) groups is 6. The summed E-state index contributed by atoms with van der Waals surface area (Å²) in [5.41, 5.74) is 5.00. The zero-order chi connectivity index (χ0) is 22.5. The first-order valence-electron chi connectivity index (χ1n) is 6.41. The fraction of sp³-hybridized carbons (Fsp3) is 0.538. The van der Waals surface area contributed by atoms with Crippen molar-refractivity contribution in [1.82, 2.24) is 0 Å². The van der Waals surface area contributed by atoms with E-state index in [2.05, 4.69) is 0 Å². The van der Waals surface area contributed by atoms with Crippen LogP contribution in [-0.4, -0.2) is 62.3 Å². The molecular formula is C13H23NNa2O12. The van der Waals surface area contributed by atoms with E-state index in [1.165, 1.54) is 0 Å². The normalized spacial score (nSPS) is 8.04. The second kappa shape index (κ2) is 33.4. The van der Waals surface area contributed by atoms with Crippen molar-refractivity contribution in [2.24, 2.45) is 5.73 Å². The molecule has 0 bridgehead atoms. The van der Waals surface area contributed by atoms with E-state index in [4.69, 9.17) is 55.6 Å². The van der Waals surface area contributed by atoms with Gasteiger partial charge in [0.2, 0.25) is 0 Å². The van der Waals surface area contributed by atoms with Crippen molar-refractivity contribution in [3.05, 3.63) is 0 Å². The Kier molecular flexibility index (Phi) is 54.2. The van der Waals surface area contributed by atoms with Crippen molar-refractivity contribution >= 4 is 35.8 Å². The van der Waals surface area contributed by atoms with Crippen LogP contribution in [-0.2, 0) is 28.8 Å². The van der Waals surface area contributed by atoms with Gasteiger partial charge in [-0.3, -0.25) is 19.2 Å². The molecule has 0 spiro atoms. The Balaban J connectivity index is -0.0000000420. The Morgan fingerprint density at radius 3 is 1.04 bits per heavy atom. The van der Waals surface area contributed by atoms with E-state index in [1.807, 2.05) is 0 Å². The van der Waals surface area contributed by atoms with Gasteiger partial charge < -0.3 is 46.0 Å². The molecule has 0 aromatic rings. The predicted molar refractivity (Wildman–Crippen MR) is 80.5 cm³/mol. The van der Waals surface area contributed by atoms with Crippen LogP contribution < -0.4 is 75.1 Å². The molecule has 1 atom stereocenters. The van der Waals surface area contributed by atoms with E-state index in [9.17, 15) is 9.59 Å². The number of carboxylic acid groups (broad SMARTS) is 6. The van der Waals surface area contributed by atoms with Crippen molar-refractivity contribution in [3.63, 3.8) is 0 Å². The molecule has 28 heavy (non-hydrogen) atoms. The second-order valence-electron chi connectivity index (χ2n) is 3.90. The van der Waals surface area contributed by atoms with Crippen molar-refractivity contribution < 1.29 is 119 Å². The Morgan fingerprint density at radius 2 is 0.929 bits per heavy atom. The van der Waals surface area contributed by atoms with Gasteiger partial charge in [0, 0.05) is 32.2 Å². The molecule has 0 saturated carbocycles. The minimum atomic E-state index is -1.17. The summed E-state index contributed by atoms with van der Waals surface area (Å²) in [6.45, 7) is 4.11. The molecule has 0 aromatic carbocycles. The molecule has 0 fully saturated rings. The number of nitrogens with two attached hydrogens (primary N) is 1. The fourth-order valence-corrected chi connectivity index (χ4v) is 0.402. The largest absolute Gasteiger partial charge is 1.00 e. The number of rotatable bonds is 4. The third-order valence-electron chi connectivity index (χ3n) is 0.986. The van der Waals surface area contributed by atoms with Crippen LogP contribution >= 0.6 is 0 Å². The van der Waals surface area contributed by atoms with Crippen LogP contribution in [0.15, 0.2) is 0 Å². The molecule has 0 aliphatic heterocycles. The van der Waals surface area contributed by atoms with Gasteiger partial charge in [-0.1, -0.05) is 0 Å². The summed E-state index contributed by atoms with van der Waals surface area (Å²) in [4.78, 5) is 55.6. The fourth-order valence-electron chi connectivity index (χ4n) is 0.402. The topological polar surface area (TPSA) is 255 Å². The van der Waals surface area contributed by atoms with E-state index in [0.717, 1.165) is 27.7 Å². The average Bonchev–Trinajstić information content (AvgIpc) is 2.32. The zero-order valence-electron chi connectivity index (χ0n) is 16.6. The summed E-state index contributed by atoms with van der Waals surface area (Å²) >= 11 is 0. The third-order valence-corrected chi connectivity index (χ3v) is 0.986. The molecule has 0 aliphatic carbocycles. The second-order valence-corrected chi connectivity index (χ2v) is 3.90. The van der Waals surface area contributed by atoms with Gasteiger partial charge in [0.05, 0.1) is 0 Å². The maximum atomic E-state index is 9.99. The van der Waals surface area contributed by atoms with Crippen LogP contribution in [0.5, 0.6) is 0 Å². The summed E-state index contributed by atoms with van der Waals surface area (Å²) in [6.07, 6.45) is -0.224. The monoisotopic (exact) mass is 431 g/mol. The average molecular weight is 431 g/mol. The molecule has 0 radical (unpaired) electrons. The van der Waals surface area contributed by atoms with E-state index in [1.54, 1.807) is 0 Å². The van der Waals surface area contributed by atoms with Gasteiger partial charge in [0.25, 0.3) is 11.9 Å². The van der Waals surface area contributed by atoms with Gasteiger partial charge in [-0.15, -0.1) is 0 Å². The smallest absolute Gasteiger partial charge is 0.550 e. The zero-order valence-corrected chi connectivity index (χ0v) is 20.6. The van der Waals surface area contributed by atoms with Crippen molar-refractivity contribution in [1.29, 1.82) is 0 Å².